The van der Waals surface area contributed by atoms with Crippen molar-refractivity contribution in [2.45, 2.75) is 26.9 Å². The van der Waals surface area contributed by atoms with Gasteiger partial charge in [0.15, 0.2) is 16.6 Å². The third kappa shape index (κ3) is 5.15. The van der Waals surface area contributed by atoms with E-state index in [1.54, 1.807) is 0 Å². The first-order valence-corrected chi connectivity index (χ1v) is 12.0. The summed E-state index contributed by atoms with van der Waals surface area (Å²) < 4.78 is 11.4. The van der Waals surface area contributed by atoms with Crippen molar-refractivity contribution in [3.8, 4) is 11.5 Å². The number of anilines is 1. The zero-order valence-electron chi connectivity index (χ0n) is 19.8. The average molecular weight is 486 g/mol. The second-order valence-corrected chi connectivity index (χ2v) is 9.18. The molecule has 0 amide bonds. The average Bonchev–Trinajstić information content (AvgIpc) is 2.85. The fourth-order valence-corrected chi connectivity index (χ4v) is 4.50. The number of rotatable bonds is 5. The molecule has 0 unspecified atom stereocenters. The van der Waals surface area contributed by atoms with Gasteiger partial charge in [-0.1, -0.05) is 48.0 Å². The van der Waals surface area contributed by atoms with E-state index < -0.39 is 0 Å². The molecule has 4 aromatic rings. The van der Waals surface area contributed by atoms with Gasteiger partial charge in [-0.2, -0.15) is 0 Å². The number of benzene rings is 3. The number of pyridine rings is 1. The third-order valence-corrected chi connectivity index (χ3v) is 6.43. The zero-order chi connectivity index (χ0) is 24.4. The third-order valence-electron chi connectivity index (χ3n) is 6.07. The van der Waals surface area contributed by atoms with E-state index in [1.807, 2.05) is 47.4 Å². The van der Waals surface area contributed by atoms with Crippen LogP contribution in [0.4, 0.5) is 5.69 Å². The number of aryl methyl sites for hydroxylation is 2. The van der Waals surface area contributed by atoms with Crippen molar-refractivity contribution < 1.29 is 9.47 Å². The number of aromatic nitrogens is 1. The highest BCUT2D eigenvalue weighted by Crippen LogP contribution is 2.33. The predicted molar refractivity (Wildman–Crippen MR) is 143 cm³/mol. The van der Waals surface area contributed by atoms with E-state index in [-0.39, 0.29) is 5.56 Å². The standard InChI is InChI=1S/C28H27N3O3S/c1-18-8-9-23(19(2)12-18)30-28(35)31(16-20-6-4-3-5-7-20)17-22-13-21-14-25-26(34-11-10-33-25)15-24(21)29-27(22)32/h3-9,12-15H,10-11,16-17H2,1-2H3,(H,29,32)(H,30,35). The van der Waals surface area contributed by atoms with Gasteiger partial charge in [-0.25, -0.2) is 0 Å². The van der Waals surface area contributed by atoms with Gasteiger partial charge in [0.1, 0.15) is 13.2 Å². The summed E-state index contributed by atoms with van der Waals surface area (Å²) in [6, 6.07) is 22.0. The number of hydrogen-bond donors (Lipinski definition) is 2. The van der Waals surface area contributed by atoms with Gasteiger partial charge in [0.2, 0.25) is 0 Å². The molecule has 178 valence electrons. The van der Waals surface area contributed by atoms with Crippen molar-refractivity contribution in [2.24, 2.45) is 0 Å². The minimum atomic E-state index is -0.151. The second kappa shape index (κ2) is 9.80. The van der Waals surface area contributed by atoms with Crippen LogP contribution < -0.4 is 20.3 Å². The normalized spacial score (nSPS) is 12.4. The molecule has 0 radical (unpaired) electrons. The molecule has 0 atom stereocenters. The second-order valence-electron chi connectivity index (χ2n) is 8.80. The summed E-state index contributed by atoms with van der Waals surface area (Å²) in [4.78, 5) is 18.1. The molecule has 0 spiro atoms. The monoisotopic (exact) mass is 485 g/mol. The minimum absolute atomic E-state index is 0.151. The summed E-state index contributed by atoms with van der Waals surface area (Å²) in [6.07, 6.45) is 0. The maximum absolute atomic E-state index is 13.0. The fraction of sp³-hybridized carbons (Fsp3) is 0.214. The first-order chi connectivity index (χ1) is 17.0. The summed E-state index contributed by atoms with van der Waals surface area (Å²) >= 11 is 5.83. The van der Waals surface area contributed by atoms with Crippen LogP contribution in [0.2, 0.25) is 0 Å². The lowest BCUT2D eigenvalue weighted by Gasteiger charge is -2.27. The van der Waals surface area contributed by atoms with Crippen molar-refractivity contribution in [1.82, 2.24) is 9.88 Å². The molecule has 1 aromatic heterocycles. The van der Waals surface area contributed by atoms with Gasteiger partial charge >= 0.3 is 0 Å². The van der Waals surface area contributed by atoms with Gasteiger partial charge in [0.25, 0.3) is 5.56 Å². The van der Waals surface area contributed by atoms with Crippen molar-refractivity contribution in [3.05, 3.63) is 99.3 Å². The predicted octanol–water partition coefficient (Wildman–Crippen LogP) is 5.32. The quantitative estimate of drug-likeness (QED) is 0.373. The molecule has 35 heavy (non-hydrogen) atoms. The van der Waals surface area contributed by atoms with Crippen LogP contribution in [-0.4, -0.2) is 28.2 Å². The molecule has 1 aliphatic rings. The Morgan fingerprint density at radius 3 is 2.46 bits per heavy atom. The summed E-state index contributed by atoms with van der Waals surface area (Å²) in [6.45, 7) is 6.05. The Hall–Kier alpha value is -3.84. The molecule has 7 heteroatoms. The number of fused-ring (bicyclic) bond motifs is 2. The van der Waals surface area contributed by atoms with Crippen LogP contribution in [0.1, 0.15) is 22.3 Å². The topological polar surface area (TPSA) is 66.6 Å². The Morgan fingerprint density at radius 2 is 1.71 bits per heavy atom. The summed E-state index contributed by atoms with van der Waals surface area (Å²) in [5, 5.41) is 4.83. The van der Waals surface area contributed by atoms with Crippen LogP contribution >= 0.6 is 12.2 Å². The Kier molecular flexibility index (Phi) is 6.42. The maximum atomic E-state index is 13.0. The highest BCUT2D eigenvalue weighted by atomic mass is 32.1. The van der Waals surface area contributed by atoms with E-state index in [1.165, 1.54) is 5.56 Å². The lowest BCUT2D eigenvalue weighted by atomic mass is 10.1. The van der Waals surface area contributed by atoms with E-state index in [9.17, 15) is 4.79 Å². The van der Waals surface area contributed by atoms with Crippen LogP contribution in [0, 0.1) is 13.8 Å². The van der Waals surface area contributed by atoms with Crippen molar-refractivity contribution in [3.63, 3.8) is 0 Å². The van der Waals surface area contributed by atoms with Gasteiger partial charge in [-0.15, -0.1) is 0 Å². The van der Waals surface area contributed by atoms with Crippen molar-refractivity contribution >= 4 is 33.9 Å². The first-order valence-electron chi connectivity index (χ1n) is 11.6. The molecule has 0 saturated heterocycles. The van der Waals surface area contributed by atoms with E-state index in [2.05, 4.69) is 48.4 Å². The minimum Gasteiger partial charge on any atom is -0.486 e. The van der Waals surface area contributed by atoms with Crippen molar-refractivity contribution in [2.75, 3.05) is 18.5 Å². The van der Waals surface area contributed by atoms with E-state index >= 15 is 0 Å². The Morgan fingerprint density at radius 1 is 0.971 bits per heavy atom. The largest absolute Gasteiger partial charge is 0.486 e. The Bertz CT molecular complexity index is 1450. The van der Waals surface area contributed by atoms with E-state index in [0.29, 0.717) is 54.0 Å². The smallest absolute Gasteiger partial charge is 0.253 e. The van der Waals surface area contributed by atoms with Crippen LogP contribution in [0.3, 0.4) is 0 Å². The van der Waals surface area contributed by atoms with Gasteiger partial charge in [0, 0.05) is 29.2 Å². The fourth-order valence-electron chi connectivity index (χ4n) is 4.26. The van der Waals surface area contributed by atoms with Crippen LogP contribution in [0.5, 0.6) is 11.5 Å². The number of aromatic amines is 1. The molecule has 6 nitrogen and oxygen atoms in total. The number of thiocarbonyl (C=S) groups is 1. The lowest BCUT2D eigenvalue weighted by molar-refractivity contribution is 0.172. The molecular formula is C28H27N3O3S. The first kappa shape index (κ1) is 22.9. The number of ether oxygens (including phenoxy) is 2. The number of hydrogen-bond acceptors (Lipinski definition) is 4. The van der Waals surface area contributed by atoms with Gasteiger partial charge < -0.3 is 24.7 Å². The summed E-state index contributed by atoms with van der Waals surface area (Å²) in [5.74, 6) is 1.34. The molecule has 2 heterocycles. The Labute approximate surface area is 209 Å². The molecular weight excluding hydrogens is 458 g/mol. The molecule has 0 bridgehead atoms. The summed E-state index contributed by atoms with van der Waals surface area (Å²) in [7, 11) is 0. The number of nitrogens with one attached hydrogen (secondary N) is 2. The lowest BCUT2D eigenvalue weighted by Crippen LogP contribution is -2.35. The van der Waals surface area contributed by atoms with Crippen LogP contribution in [0.15, 0.2) is 71.5 Å². The zero-order valence-corrected chi connectivity index (χ0v) is 20.6. The molecule has 0 fully saturated rings. The molecule has 0 saturated carbocycles. The number of nitrogens with zero attached hydrogens (tertiary/aromatic N) is 1. The van der Waals surface area contributed by atoms with Crippen molar-refractivity contribution in [1.29, 1.82) is 0 Å². The molecule has 2 N–H and O–H groups in total. The molecule has 5 rings (SSSR count). The van der Waals surface area contributed by atoms with E-state index in [0.717, 1.165) is 22.2 Å². The molecule has 0 aliphatic carbocycles. The SMILES string of the molecule is Cc1ccc(NC(=S)N(Cc2ccccc2)Cc2cc3cc4c(cc3[nH]c2=O)OCCO4)c(C)c1. The van der Waals surface area contributed by atoms with Crippen LogP contribution in [0.25, 0.3) is 10.9 Å². The van der Waals surface area contributed by atoms with Crippen LogP contribution in [-0.2, 0) is 13.1 Å². The van der Waals surface area contributed by atoms with Gasteiger partial charge in [-0.05, 0) is 55.4 Å². The molecule has 1 aliphatic heterocycles. The van der Waals surface area contributed by atoms with E-state index in [4.69, 9.17) is 21.7 Å². The highest BCUT2D eigenvalue weighted by molar-refractivity contribution is 7.80. The summed E-state index contributed by atoms with van der Waals surface area (Å²) in [5.41, 5.74) is 5.55. The maximum Gasteiger partial charge on any atom is 0.253 e. The van der Waals surface area contributed by atoms with Gasteiger partial charge in [-0.3, -0.25) is 4.79 Å². The number of H-pyrrole nitrogens is 1. The van der Waals surface area contributed by atoms with Gasteiger partial charge in [0.05, 0.1) is 12.1 Å². The molecule has 3 aromatic carbocycles. The Balaban J connectivity index is 1.47. The highest BCUT2D eigenvalue weighted by Gasteiger charge is 2.17.